The number of ether oxygens (including phenoxy) is 1. The molecule has 2 heterocycles. The summed E-state index contributed by atoms with van der Waals surface area (Å²) in [5.74, 6) is 0.226. The Morgan fingerprint density at radius 3 is 3.00 bits per heavy atom. The van der Waals surface area contributed by atoms with Crippen molar-refractivity contribution in [2.75, 3.05) is 0 Å². The molecular formula is C14H11N3O3. The SMILES string of the molecule is Cc1c(OC(=O)O)cnn1-c1ccc2ncccc2c1. The van der Waals surface area contributed by atoms with Crippen LogP contribution in [0.1, 0.15) is 5.69 Å². The maximum atomic E-state index is 10.6. The highest BCUT2D eigenvalue weighted by Crippen LogP contribution is 2.22. The lowest BCUT2D eigenvalue weighted by Gasteiger charge is -2.06. The number of fused-ring (bicyclic) bond motifs is 1. The summed E-state index contributed by atoms with van der Waals surface area (Å²) in [5.41, 5.74) is 2.34. The second-order valence-corrected chi connectivity index (χ2v) is 4.25. The molecular weight excluding hydrogens is 258 g/mol. The number of hydrogen-bond donors (Lipinski definition) is 1. The van der Waals surface area contributed by atoms with Gasteiger partial charge in [0.25, 0.3) is 0 Å². The Hall–Kier alpha value is -2.89. The van der Waals surface area contributed by atoms with Gasteiger partial charge in [-0.2, -0.15) is 5.10 Å². The Morgan fingerprint density at radius 1 is 1.35 bits per heavy atom. The molecule has 0 aliphatic rings. The monoisotopic (exact) mass is 269 g/mol. The highest BCUT2D eigenvalue weighted by molar-refractivity contribution is 5.80. The molecule has 0 aliphatic carbocycles. The third kappa shape index (κ3) is 2.07. The zero-order valence-corrected chi connectivity index (χ0v) is 10.6. The molecule has 0 atom stereocenters. The van der Waals surface area contributed by atoms with Crippen molar-refractivity contribution in [1.29, 1.82) is 0 Å². The molecule has 20 heavy (non-hydrogen) atoms. The van der Waals surface area contributed by atoms with Crippen molar-refractivity contribution in [2.24, 2.45) is 0 Å². The van der Waals surface area contributed by atoms with Crippen LogP contribution in [0.4, 0.5) is 4.79 Å². The average molecular weight is 269 g/mol. The van der Waals surface area contributed by atoms with Gasteiger partial charge in [-0.15, -0.1) is 0 Å². The molecule has 2 aromatic heterocycles. The van der Waals surface area contributed by atoms with Crippen molar-refractivity contribution in [3.63, 3.8) is 0 Å². The highest BCUT2D eigenvalue weighted by atomic mass is 16.7. The van der Waals surface area contributed by atoms with Crippen molar-refractivity contribution in [3.05, 3.63) is 48.4 Å². The summed E-state index contributed by atoms with van der Waals surface area (Å²) in [4.78, 5) is 14.8. The Balaban J connectivity index is 2.06. The zero-order chi connectivity index (χ0) is 14.1. The van der Waals surface area contributed by atoms with Crippen LogP contribution in [0.2, 0.25) is 0 Å². The van der Waals surface area contributed by atoms with Gasteiger partial charge in [-0.25, -0.2) is 9.48 Å². The topological polar surface area (TPSA) is 77.2 Å². The number of pyridine rings is 1. The predicted octanol–water partition coefficient (Wildman–Crippen LogP) is 2.79. The first-order valence-electron chi connectivity index (χ1n) is 5.96. The summed E-state index contributed by atoms with van der Waals surface area (Å²) in [6.07, 6.45) is 1.77. The lowest BCUT2D eigenvalue weighted by Crippen LogP contribution is -2.04. The second kappa shape index (κ2) is 4.65. The molecule has 6 heteroatoms. The van der Waals surface area contributed by atoms with E-state index in [1.807, 2.05) is 30.3 Å². The van der Waals surface area contributed by atoms with E-state index in [4.69, 9.17) is 5.11 Å². The van der Waals surface area contributed by atoms with Gasteiger partial charge in [-0.1, -0.05) is 6.07 Å². The van der Waals surface area contributed by atoms with E-state index in [0.29, 0.717) is 5.69 Å². The minimum absolute atomic E-state index is 0.226. The fourth-order valence-electron chi connectivity index (χ4n) is 2.04. The Morgan fingerprint density at radius 2 is 2.20 bits per heavy atom. The van der Waals surface area contributed by atoms with Crippen LogP contribution < -0.4 is 4.74 Å². The molecule has 0 radical (unpaired) electrons. The van der Waals surface area contributed by atoms with Crippen molar-refractivity contribution in [2.45, 2.75) is 6.92 Å². The molecule has 0 saturated carbocycles. The van der Waals surface area contributed by atoms with Crippen LogP contribution in [-0.4, -0.2) is 26.0 Å². The molecule has 0 aliphatic heterocycles. The summed E-state index contributed by atoms with van der Waals surface area (Å²) in [5, 5.41) is 13.8. The molecule has 0 unspecified atom stereocenters. The van der Waals surface area contributed by atoms with Gasteiger partial charge in [0.1, 0.15) is 0 Å². The second-order valence-electron chi connectivity index (χ2n) is 4.25. The molecule has 3 aromatic rings. The fraction of sp³-hybridized carbons (Fsp3) is 0.0714. The molecule has 0 saturated heterocycles. The molecule has 3 rings (SSSR count). The molecule has 0 amide bonds. The third-order valence-corrected chi connectivity index (χ3v) is 2.99. The molecule has 100 valence electrons. The van der Waals surface area contributed by atoms with Gasteiger partial charge in [0, 0.05) is 11.6 Å². The van der Waals surface area contributed by atoms with E-state index in [0.717, 1.165) is 16.6 Å². The number of nitrogens with zero attached hydrogens (tertiary/aromatic N) is 3. The largest absolute Gasteiger partial charge is 0.511 e. The minimum Gasteiger partial charge on any atom is -0.449 e. The van der Waals surface area contributed by atoms with Gasteiger partial charge in [-0.05, 0) is 31.2 Å². The smallest absolute Gasteiger partial charge is 0.449 e. The van der Waals surface area contributed by atoms with Gasteiger partial charge in [0.15, 0.2) is 5.75 Å². The Kier molecular flexibility index (Phi) is 2.83. The Labute approximate surface area is 114 Å². The highest BCUT2D eigenvalue weighted by Gasteiger charge is 2.12. The van der Waals surface area contributed by atoms with Crippen LogP contribution in [0.15, 0.2) is 42.7 Å². The maximum absolute atomic E-state index is 10.6. The Bertz CT molecular complexity index is 795. The lowest BCUT2D eigenvalue weighted by atomic mass is 10.2. The van der Waals surface area contributed by atoms with E-state index in [-0.39, 0.29) is 5.75 Å². The first kappa shape index (κ1) is 12.2. The number of carboxylic acid groups (broad SMARTS) is 1. The van der Waals surface area contributed by atoms with E-state index in [2.05, 4.69) is 14.8 Å². The molecule has 1 aromatic carbocycles. The van der Waals surface area contributed by atoms with Crippen LogP contribution in [-0.2, 0) is 0 Å². The van der Waals surface area contributed by atoms with Crippen LogP contribution in [0.3, 0.4) is 0 Å². The summed E-state index contributed by atoms with van der Waals surface area (Å²) in [7, 11) is 0. The molecule has 0 spiro atoms. The van der Waals surface area contributed by atoms with Crippen molar-refractivity contribution in [3.8, 4) is 11.4 Å². The molecule has 0 fully saturated rings. The number of rotatable bonds is 2. The van der Waals surface area contributed by atoms with Gasteiger partial charge in [0.05, 0.1) is 23.1 Å². The van der Waals surface area contributed by atoms with Crippen LogP contribution >= 0.6 is 0 Å². The number of carbonyl (C=O) groups is 1. The average Bonchev–Trinajstić information content (AvgIpc) is 2.79. The zero-order valence-electron chi connectivity index (χ0n) is 10.6. The quantitative estimate of drug-likeness (QED) is 0.724. The maximum Gasteiger partial charge on any atom is 0.511 e. The minimum atomic E-state index is -1.35. The van der Waals surface area contributed by atoms with Crippen LogP contribution in [0, 0.1) is 6.92 Å². The normalized spacial score (nSPS) is 10.7. The van der Waals surface area contributed by atoms with Gasteiger partial charge in [-0.3, -0.25) is 4.98 Å². The number of aromatic nitrogens is 3. The molecule has 0 bridgehead atoms. The van der Waals surface area contributed by atoms with Crippen molar-refractivity contribution in [1.82, 2.24) is 14.8 Å². The lowest BCUT2D eigenvalue weighted by molar-refractivity contribution is 0.144. The fourth-order valence-corrected chi connectivity index (χ4v) is 2.04. The molecule has 6 nitrogen and oxygen atoms in total. The van der Waals surface area contributed by atoms with E-state index in [9.17, 15) is 4.79 Å². The summed E-state index contributed by atoms with van der Waals surface area (Å²) < 4.78 is 6.29. The van der Waals surface area contributed by atoms with E-state index < -0.39 is 6.16 Å². The third-order valence-electron chi connectivity index (χ3n) is 2.99. The van der Waals surface area contributed by atoms with Crippen LogP contribution in [0.5, 0.6) is 5.75 Å². The summed E-state index contributed by atoms with van der Waals surface area (Å²) >= 11 is 0. The van der Waals surface area contributed by atoms with Gasteiger partial charge < -0.3 is 9.84 Å². The number of benzene rings is 1. The van der Waals surface area contributed by atoms with Gasteiger partial charge in [0.2, 0.25) is 0 Å². The van der Waals surface area contributed by atoms with E-state index in [1.54, 1.807) is 17.8 Å². The number of hydrogen-bond acceptors (Lipinski definition) is 4. The van der Waals surface area contributed by atoms with Crippen molar-refractivity contribution >= 4 is 17.1 Å². The molecule has 1 N–H and O–H groups in total. The van der Waals surface area contributed by atoms with Crippen LogP contribution in [0.25, 0.3) is 16.6 Å². The van der Waals surface area contributed by atoms with E-state index >= 15 is 0 Å². The van der Waals surface area contributed by atoms with Gasteiger partial charge >= 0.3 is 6.16 Å². The van der Waals surface area contributed by atoms with E-state index in [1.165, 1.54) is 6.20 Å². The summed E-state index contributed by atoms with van der Waals surface area (Å²) in [6, 6.07) is 9.52. The first-order chi connectivity index (χ1) is 9.65. The standard InChI is InChI=1S/C14H11N3O3/c1-9-13(20-14(18)19)8-16-17(9)11-4-5-12-10(7-11)3-2-6-15-12/h2-8H,1H3,(H,18,19). The first-order valence-corrected chi connectivity index (χ1v) is 5.96. The predicted molar refractivity (Wildman–Crippen MR) is 72.3 cm³/mol. The van der Waals surface area contributed by atoms with Crippen molar-refractivity contribution < 1.29 is 14.6 Å². The summed E-state index contributed by atoms with van der Waals surface area (Å²) in [6.45, 7) is 1.75.